The Morgan fingerprint density at radius 1 is 1.09 bits per heavy atom. The number of benzene rings is 3. The molecule has 0 fully saturated rings. The molecule has 0 bridgehead atoms. The van der Waals surface area contributed by atoms with Gasteiger partial charge in [0.25, 0.3) is 10.0 Å². The summed E-state index contributed by atoms with van der Waals surface area (Å²) in [6.07, 6.45) is 0.559. The van der Waals surface area contributed by atoms with Crippen LogP contribution in [-0.4, -0.2) is 26.5 Å². The van der Waals surface area contributed by atoms with E-state index in [0.29, 0.717) is 17.1 Å². The number of nitrogens with zero attached hydrogens (tertiary/aromatic N) is 1. The van der Waals surface area contributed by atoms with Gasteiger partial charge in [0, 0.05) is 17.0 Å². The number of nitrogens with one attached hydrogen (secondary N) is 1. The Morgan fingerprint density at radius 3 is 2.46 bits per heavy atom. The Labute approximate surface area is 211 Å². The lowest BCUT2D eigenvalue weighted by atomic mass is 9.89. The molecular weight excluding hydrogens is 484 g/mol. The van der Waals surface area contributed by atoms with E-state index in [-0.39, 0.29) is 17.5 Å². The summed E-state index contributed by atoms with van der Waals surface area (Å²) in [5, 5.41) is 3.49. The van der Waals surface area contributed by atoms with Gasteiger partial charge in [0.15, 0.2) is 0 Å². The van der Waals surface area contributed by atoms with Crippen LogP contribution >= 0.6 is 11.6 Å². The molecule has 0 saturated carbocycles. The van der Waals surface area contributed by atoms with E-state index in [0.717, 1.165) is 26.7 Å². The van der Waals surface area contributed by atoms with Crippen molar-refractivity contribution in [1.29, 1.82) is 0 Å². The third-order valence-electron chi connectivity index (χ3n) is 6.03. The summed E-state index contributed by atoms with van der Waals surface area (Å²) in [6.45, 7) is 7.39. The van der Waals surface area contributed by atoms with Crippen LogP contribution < -0.4 is 14.4 Å². The first-order valence-electron chi connectivity index (χ1n) is 11.4. The smallest absolute Gasteiger partial charge is 0.264 e. The number of sulfonamides is 1. The molecule has 0 aromatic heterocycles. The third kappa shape index (κ3) is 5.46. The molecule has 1 heterocycles. The van der Waals surface area contributed by atoms with Crippen molar-refractivity contribution in [2.75, 3.05) is 10.8 Å². The minimum absolute atomic E-state index is 0.0611. The first-order valence-corrected chi connectivity index (χ1v) is 13.2. The van der Waals surface area contributed by atoms with Crippen LogP contribution in [0.5, 0.6) is 5.75 Å². The SMILES string of the molecule is Cc1ccc2c(c1)OC(C)(C)CC2NC(=O)CN(c1ccccc1C)S(=O)(=O)c1ccc(Cl)cc1. The number of ether oxygens (including phenoxy) is 1. The maximum atomic E-state index is 13.6. The Kier molecular flexibility index (Phi) is 6.84. The van der Waals surface area contributed by atoms with E-state index in [1.54, 1.807) is 12.1 Å². The van der Waals surface area contributed by atoms with Crippen LogP contribution in [0.3, 0.4) is 0 Å². The van der Waals surface area contributed by atoms with Crippen molar-refractivity contribution in [1.82, 2.24) is 5.32 Å². The molecule has 184 valence electrons. The second kappa shape index (κ2) is 9.55. The normalized spacial score (nSPS) is 16.7. The summed E-state index contributed by atoms with van der Waals surface area (Å²) < 4.78 is 34.6. The van der Waals surface area contributed by atoms with E-state index in [4.69, 9.17) is 16.3 Å². The molecule has 1 atom stereocenters. The number of halogens is 1. The highest BCUT2D eigenvalue weighted by molar-refractivity contribution is 7.92. The van der Waals surface area contributed by atoms with E-state index >= 15 is 0 Å². The molecule has 1 unspecified atom stereocenters. The summed E-state index contributed by atoms with van der Waals surface area (Å²) >= 11 is 5.97. The fourth-order valence-electron chi connectivity index (χ4n) is 4.33. The number of rotatable bonds is 6. The molecule has 0 saturated heterocycles. The van der Waals surface area contributed by atoms with Gasteiger partial charge in [-0.25, -0.2) is 8.42 Å². The van der Waals surface area contributed by atoms with Crippen molar-refractivity contribution in [3.63, 3.8) is 0 Å². The van der Waals surface area contributed by atoms with Gasteiger partial charge in [0.05, 0.1) is 16.6 Å². The topological polar surface area (TPSA) is 75.7 Å². The maximum absolute atomic E-state index is 13.6. The molecule has 3 aromatic carbocycles. The summed E-state index contributed by atoms with van der Waals surface area (Å²) in [6, 6.07) is 18.6. The fraction of sp³-hybridized carbons (Fsp3) is 0.296. The number of amides is 1. The number of anilines is 1. The number of fused-ring (bicyclic) bond motifs is 1. The van der Waals surface area contributed by atoms with Gasteiger partial charge in [-0.05, 0) is 75.2 Å². The molecule has 1 amide bonds. The molecule has 0 spiro atoms. The summed E-state index contributed by atoms with van der Waals surface area (Å²) in [4.78, 5) is 13.4. The predicted octanol–water partition coefficient (Wildman–Crippen LogP) is 5.57. The van der Waals surface area contributed by atoms with Gasteiger partial charge in [0.2, 0.25) is 5.91 Å². The van der Waals surface area contributed by atoms with Gasteiger partial charge in [-0.3, -0.25) is 9.10 Å². The highest BCUT2D eigenvalue weighted by Crippen LogP contribution is 2.40. The molecule has 3 aromatic rings. The van der Waals surface area contributed by atoms with Crippen molar-refractivity contribution in [3.05, 3.63) is 88.4 Å². The van der Waals surface area contributed by atoms with Gasteiger partial charge < -0.3 is 10.1 Å². The van der Waals surface area contributed by atoms with E-state index in [2.05, 4.69) is 5.32 Å². The second-order valence-corrected chi connectivity index (χ2v) is 11.8. The van der Waals surface area contributed by atoms with Gasteiger partial charge in [-0.15, -0.1) is 0 Å². The van der Waals surface area contributed by atoms with Crippen LogP contribution in [0.25, 0.3) is 0 Å². The Balaban J connectivity index is 1.66. The van der Waals surface area contributed by atoms with E-state index in [9.17, 15) is 13.2 Å². The zero-order valence-corrected chi connectivity index (χ0v) is 21.8. The molecule has 1 aliphatic rings. The van der Waals surface area contributed by atoms with Crippen molar-refractivity contribution >= 4 is 33.2 Å². The number of carbonyl (C=O) groups excluding carboxylic acids is 1. The highest BCUT2D eigenvalue weighted by Gasteiger charge is 2.36. The number of hydrogen-bond donors (Lipinski definition) is 1. The number of hydrogen-bond acceptors (Lipinski definition) is 4. The zero-order chi connectivity index (χ0) is 25.4. The standard InChI is InChI=1S/C27H29ClN2O4S/c1-18-9-14-22-23(16-27(3,4)34-25(22)15-18)29-26(31)17-30(24-8-6-5-7-19(24)2)35(32,33)21-12-10-20(28)11-13-21/h5-15,23H,16-17H2,1-4H3,(H,29,31). The minimum Gasteiger partial charge on any atom is -0.487 e. The number of aryl methyl sites for hydroxylation is 2. The lowest BCUT2D eigenvalue weighted by Crippen LogP contribution is -2.45. The lowest BCUT2D eigenvalue weighted by Gasteiger charge is -2.38. The number of carbonyl (C=O) groups is 1. The zero-order valence-electron chi connectivity index (χ0n) is 20.2. The Bertz CT molecular complexity index is 1350. The van der Waals surface area contributed by atoms with Crippen LogP contribution in [0.1, 0.15) is 43.0 Å². The molecule has 1 N–H and O–H groups in total. The van der Waals surface area contributed by atoms with E-state index < -0.39 is 21.5 Å². The molecule has 6 nitrogen and oxygen atoms in total. The lowest BCUT2D eigenvalue weighted by molar-refractivity contribution is -0.120. The quantitative estimate of drug-likeness (QED) is 0.468. The maximum Gasteiger partial charge on any atom is 0.264 e. The monoisotopic (exact) mass is 512 g/mol. The highest BCUT2D eigenvalue weighted by atomic mass is 35.5. The Morgan fingerprint density at radius 2 is 1.77 bits per heavy atom. The average molecular weight is 513 g/mol. The number of para-hydroxylation sites is 1. The van der Waals surface area contributed by atoms with Crippen LogP contribution in [0.15, 0.2) is 71.6 Å². The second-order valence-electron chi connectivity index (χ2n) is 9.48. The Hall–Kier alpha value is -3.03. The largest absolute Gasteiger partial charge is 0.487 e. The van der Waals surface area contributed by atoms with E-state index in [1.807, 2.05) is 58.0 Å². The average Bonchev–Trinajstić information content (AvgIpc) is 2.77. The summed E-state index contributed by atoms with van der Waals surface area (Å²) in [5.74, 6) is 0.330. The van der Waals surface area contributed by atoms with Gasteiger partial charge >= 0.3 is 0 Å². The summed E-state index contributed by atoms with van der Waals surface area (Å²) in [7, 11) is -4.03. The van der Waals surface area contributed by atoms with Gasteiger partial charge in [0.1, 0.15) is 17.9 Å². The molecule has 0 aliphatic carbocycles. The molecule has 8 heteroatoms. The van der Waals surface area contributed by atoms with Crippen molar-refractivity contribution < 1.29 is 17.9 Å². The minimum atomic E-state index is -4.03. The van der Waals surface area contributed by atoms with Crippen molar-refractivity contribution in [3.8, 4) is 5.75 Å². The summed E-state index contributed by atoms with van der Waals surface area (Å²) in [5.41, 5.74) is 2.65. The molecular formula is C27H29ClN2O4S. The molecule has 0 radical (unpaired) electrons. The van der Waals surface area contributed by atoms with E-state index in [1.165, 1.54) is 24.3 Å². The fourth-order valence-corrected chi connectivity index (χ4v) is 5.95. The predicted molar refractivity (Wildman–Crippen MR) is 139 cm³/mol. The molecule has 1 aliphatic heterocycles. The third-order valence-corrected chi connectivity index (χ3v) is 8.06. The van der Waals surface area contributed by atoms with Crippen molar-refractivity contribution in [2.45, 2.75) is 50.7 Å². The van der Waals surface area contributed by atoms with Crippen LogP contribution in [-0.2, 0) is 14.8 Å². The van der Waals surface area contributed by atoms with Crippen LogP contribution in [0.4, 0.5) is 5.69 Å². The first kappa shape index (κ1) is 25.1. The van der Waals surface area contributed by atoms with Crippen LogP contribution in [0, 0.1) is 13.8 Å². The molecule has 35 heavy (non-hydrogen) atoms. The molecule has 4 rings (SSSR count). The van der Waals surface area contributed by atoms with Crippen LogP contribution in [0.2, 0.25) is 5.02 Å². The first-order chi connectivity index (χ1) is 16.5. The van der Waals surface area contributed by atoms with Gasteiger partial charge in [-0.2, -0.15) is 0 Å². The van der Waals surface area contributed by atoms with Gasteiger partial charge in [-0.1, -0.05) is 41.9 Å². The van der Waals surface area contributed by atoms with Crippen molar-refractivity contribution in [2.24, 2.45) is 0 Å².